The molecule has 0 radical (unpaired) electrons. The zero-order chi connectivity index (χ0) is 34.8. The lowest BCUT2D eigenvalue weighted by molar-refractivity contribution is -0.140. The molecule has 0 heterocycles. The molecule has 1 fully saturated rings. The Bertz CT molecular complexity index is 1800. The van der Waals surface area contributed by atoms with Gasteiger partial charge in [0.05, 0.1) is 17.2 Å². The minimum atomic E-state index is -4.22. The van der Waals surface area contributed by atoms with Crippen LogP contribution in [0.1, 0.15) is 50.2 Å². The Morgan fingerprint density at radius 3 is 2.16 bits per heavy atom. The number of hydrogen-bond donors (Lipinski definition) is 1. The van der Waals surface area contributed by atoms with Crippen LogP contribution in [0.15, 0.2) is 108 Å². The minimum absolute atomic E-state index is 0.00518. The standard InChI is InChI=1S/C38H41Cl2N3O5S/c1-2-48-33-22-20-32(21-23-33)43(49(46,47)34-16-10-5-11-17-34)27-37(44)42(26-29-18-19-30(39)25-35(29)40)36(24-28-12-6-3-7-13-28)38(45)41-31-14-8-4-9-15-31/h3,5-7,10-13,16-23,25,31,36H,2,4,8-9,14-15,24,26-27H2,1H3,(H,41,45)/t36-/m0/s1. The van der Waals surface area contributed by atoms with Gasteiger partial charge in [-0.25, -0.2) is 8.42 Å². The number of nitrogens with zero attached hydrogens (tertiary/aromatic N) is 2. The molecule has 1 aliphatic rings. The van der Waals surface area contributed by atoms with Crippen LogP contribution in [0.3, 0.4) is 0 Å². The van der Waals surface area contributed by atoms with Gasteiger partial charge in [0.15, 0.2) is 0 Å². The smallest absolute Gasteiger partial charge is 0.264 e. The summed E-state index contributed by atoms with van der Waals surface area (Å²) in [7, 11) is -4.22. The largest absolute Gasteiger partial charge is 0.494 e. The molecule has 0 saturated heterocycles. The number of halogens is 2. The van der Waals surface area contributed by atoms with Crippen molar-refractivity contribution in [2.75, 3.05) is 17.5 Å². The summed E-state index contributed by atoms with van der Waals surface area (Å²) in [5.41, 5.74) is 1.70. The summed E-state index contributed by atoms with van der Waals surface area (Å²) in [6.07, 6.45) is 5.10. The van der Waals surface area contributed by atoms with E-state index in [1.807, 2.05) is 37.3 Å². The molecular formula is C38H41Cl2N3O5S. The Balaban J connectivity index is 1.57. The molecule has 0 aromatic heterocycles. The van der Waals surface area contributed by atoms with Crippen molar-refractivity contribution in [2.45, 2.75) is 69.0 Å². The molecule has 258 valence electrons. The van der Waals surface area contributed by atoms with Crippen LogP contribution >= 0.6 is 23.2 Å². The summed E-state index contributed by atoms with van der Waals surface area (Å²) < 4.78 is 35.1. The van der Waals surface area contributed by atoms with Crippen molar-refractivity contribution in [1.29, 1.82) is 0 Å². The number of anilines is 1. The van der Waals surface area contributed by atoms with Gasteiger partial charge in [0, 0.05) is 29.1 Å². The van der Waals surface area contributed by atoms with Crippen LogP contribution in [0.4, 0.5) is 5.69 Å². The quantitative estimate of drug-likeness (QED) is 0.144. The Morgan fingerprint density at radius 1 is 0.878 bits per heavy atom. The van der Waals surface area contributed by atoms with E-state index in [1.54, 1.807) is 60.7 Å². The van der Waals surface area contributed by atoms with E-state index in [9.17, 15) is 18.0 Å². The Kier molecular flexibility index (Phi) is 12.6. The normalized spacial score (nSPS) is 14.1. The fraction of sp³-hybridized carbons (Fsp3) is 0.316. The third-order valence-corrected chi connectivity index (χ3v) is 11.0. The summed E-state index contributed by atoms with van der Waals surface area (Å²) in [5, 5.41) is 3.97. The van der Waals surface area contributed by atoms with E-state index in [2.05, 4.69) is 5.32 Å². The number of carbonyl (C=O) groups excluding carboxylic acids is 2. The third kappa shape index (κ3) is 9.56. The van der Waals surface area contributed by atoms with E-state index in [0.29, 0.717) is 28.0 Å². The average Bonchev–Trinajstić information content (AvgIpc) is 3.11. The first-order valence-corrected chi connectivity index (χ1v) is 18.7. The van der Waals surface area contributed by atoms with Gasteiger partial charge in [0.2, 0.25) is 11.8 Å². The molecule has 0 bridgehead atoms. The zero-order valence-electron chi connectivity index (χ0n) is 27.4. The van der Waals surface area contributed by atoms with Crippen molar-refractivity contribution in [2.24, 2.45) is 0 Å². The highest BCUT2D eigenvalue weighted by Crippen LogP contribution is 2.29. The van der Waals surface area contributed by atoms with Crippen LogP contribution in [0, 0.1) is 0 Å². The number of carbonyl (C=O) groups is 2. The topological polar surface area (TPSA) is 96.0 Å². The van der Waals surface area contributed by atoms with Crippen LogP contribution in [-0.2, 0) is 32.6 Å². The van der Waals surface area contributed by atoms with E-state index in [0.717, 1.165) is 42.0 Å². The maximum Gasteiger partial charge on any atom is 0.264 e. The predicted molar refractivity (Wildman–Crippen MR) is 195 cm³/mol. The van der Waals surface area contributed by atoms with Crippen LogP contribution in [0.25, 0.3) is 0 Å². The van der Waals surface area contributed by atoms with Crippen molar-refractivity contribution in [3.63, 3.8) is 0 Å². The third-order valence-electron chi connectivity index (χ3n) is 8.62. The molecule has 11 heteroatoms. The second-order valence-corrected chi connectivity index (χ2v) is 14.8. The van der Waals surface area contributed by atoms with Crippen molar-refractivity contribution < 1.29 is 22.7 Å². The maximum absolute atomic E-state index is 14.7. The highest BCUT2D eigenvalue weighted by atomic mass is 35.5. The molecule has 1 aliphatic carbocycles. The lowest BCUT2D eigenvalue weighted by Gasteiger charge is -2.35. The lowest BCUT2D eigenvalue weighted by atomic mass is 9.94. The second-order valence-electron chi connectivity index (χ2n) is 12.1. The molecule has 0 spiro atoms. The van der Waals surface area contributed by atoms with Crippen LogP contribution in [-0.4, -0.2) is 50.4 Å². The predicted octanol–water partition coefficient (Wildman–Crippen LogP) is 7.68. The van der Waals surface area contributed by atoms with Gasteiger partial charge >= 0.3 is 0 Å². The summed E-state index contributed by atoms with van der Waals surface area (Å²) in [5.74, 6) is -0.303. The maximum atomic E-state index is 14.7. The number of benzene rings is 4. The Hall–Kier alpha value is -4.05. The van der Waals surface area contributed by atoms with Crippen LogP contribution < -0.4 is 14.4 Å². The molecule has 1 saturated carbocycles. The molecule has 0 aliphatic heterocycles. The first kappa shape index (κ1) is 36.2. The molecule has 5 rings (SSSR count). The highest BCUT2D eigenvalue weighted by Gasteiger charge is 2.35. The van der Waals surface area contributed by atoms with Crippen molar-refractivity contribution >= 4 is 50.7 Å². The summed E-state index contributed by atoms with van der Waals surface area (Å²) in [6, 6.07) is 28.0. The average molecular weight is 723 g/mol. The van der Waals surface area contributed by atoms with E-state index in [-0.39, 0.29) is 35.5 Å². The van der Waals surface area contributed by atoms with Gasteiger partial charge in [-0.15, -0.1) is 0 Å². The van der Waals surface area contributed by atoms with Gasteiger partial charge in [0.1, 0.15) is 18.3 Å². The molecule has 1 N–H and O–H groups in total. The minimum Gasteiger partial charge on any atom is -0.494 e. The number of ether oxygens (including phenoxy) is 1. The molecule has 8 nitrogen and oxygen atoms in total. The van der Waals surface area contributed by atoms with Gasteiger partial charge in [0.25, 0.3) is 10.0 Å². The van der Waals surface area contributed by atoms with Gasteiger partial charge in [-0.1, -0.05) is 97.1 Å². The first-order valence-electron chi connectivity index (χ1n) is 16.5. The van der Waals surface area contributed by atoms with Crippen molar-refractivity contribution in [3.05, 3.63) is 124 Å². The van der Waals surface area contributed by atoms with E-state index in [1.165, 1.54) is 17.0 Å². The number of nitrogens with one attached hydrogen (secondary N) is 1. The molecule has 49 heavy (non-hydrogen) atoms. The molecule has 1 atom stereocenters. The summed E-state index contributed by atoms with van der Waals surface area (Å²) in [4.78, 5) is 30.5. The number of rotatable bonds is 14. The lowest BCUT2D eigenvalue weighted by Crippen LogP contribution is -2.55. The van der Waals surface area contributed by atoms with Gasteiger partial charge in [-0.2, -0.15) is 0 Å². The summed E-state index contributed by atoms with van der Waals surface area (Å²) >= 11 is 12.8. The van der Waals surface area contributed by atoms with Gasteiger partial charge in [-0.05, 0) is 79.4 Å². The number of amides is 2. The summed E-state index contributed by atoms with van der Waals surface area (Å²) in [6.45, 7) is 1.68. The molecule has 2 amide bonds. The van der Waals surface area contributed by atoms with Gasteiger partial charge < -0.3 is 15.0 Å². The van der Waals surface area contributed by atoms with Crippen molar-refractivity contribution in [1.82, 2.24) is 10.2 Å². The molecule has 4 aromatic rings. The molecule has 0 unspecified atom stereocenters. The Morgan fingerprint density at radius 2 is 1.53 bits per heavy atom. The number of sulfonamides is 1. The number of hydrogen-bond acceptors (Lipinski definition) is 5. The fourth-order valence-electron chi connectivity index (χ4n) is 6.06. The van der Waals surface area contributed by atoms with E-state index >= 15 is 0 Å². The Labute approximate surface area is 299 Å². The molecular weight excluding hydrogens is 681 g/mol. The van der Waals surface area contributed by atoms with E-state index < -0.39 is 28.5 Å². The first-order chi connectivity index (χ1) is 23.7. The SMILES string of the molecule is CCOc1ccc(N(CC(=O)N(Cc2ccc(Cl)cc2Cl)[C@@H](Cc2ccccc2)C(=O)NC2CCCCC2)S(=O)(=O)c2ccccc2)cc1. The monoisotopic (exact) mass is 721 g/mol. The van der Waals surface area contributed by atoms with Crippen LogP contribution in [0.5, 0.6) is 5.75 Å². The van der Waals surface area contributed by atoms with Crippen molar-refractivity contribution in [3.8, 4) is 5.75 Å². The highest BCUT2D eigenvalue weighted by molar-refractivity contribution is 7.92. The fourth-order valence-corrected chi connectivity index (χ4v) is 7.96. The second kappa shape index (κ2) is 17.1. The van der Waals surface area contributed by atoms with E-state index in [4.69, 9.17) is 27.9 Å². The van der Waals surface area contributed by atoms with Gasteiger partial charge in [-0.3, -0.25) is 13.9 Å². The zero-order valence-corrected chi connectivity index (χ0v) is 29.8. The molecule has 4 aromatic carbocycles. The van der Waals surface area contributed by atoms with Crippen LogP contribution in [0.2, 0.25) is 10.0 Å².